The second-order valence-corrected chi connectivity index (χ2v) is 5.31. The maximum atomic E-state index is 12.9. The van der Waals surface area contributed by atoms with Gasteiger partial charge < -0.3 is 5.32 Å². The first-order valence-electron chi connectivity index (χ1n) is 6.47. The fourth-order valence-electron chi connectivity index (χ4n) is 1.85. The molecule has 0 unspecified atom stereocenters. The smallest absolute Gasteiger partial charge is 0.123 e. The van der Waals surface area contributed by atoms with Crippen LogP contribution in [0.4, 0.5) is 4.39 Å². The topological polar surface area (TPSA) is 50.7 Å². The Morgan fingerprint density at radius 2 is 1.86 bits per heavy atom. The van der Waals surface area contributed by atoms with Crippen molar-refractivity contribution in [3.8, 4) is 10.6 Å². The lowest BCUT2D eigenvalue weighted by atomic mass is 10.2. The number of aromatic nitrogens is 3. The van der Waals surface area contributed by atoms with E-state index >= 15 is 0 Å². The lowest BCUT2D eigenvalue weighted by Gasteiger charge is -2.01. The molecule has 0 atom stereocenters. The van der Waals surface area contributed by atoms with Gasteiger partial charge in [0.2, 0.25) is 0 Å². The van der Waals surface area contributed by atoms with Crippen molar-refractivity contribution in [2.24, 2.45) is 0 Å². The van der Waals surface area contributed by atoms with E-state index in [1.54, 1.807) is 29.7 Å². The lowest BCUT2D eigenvalue weighted by molar-refractivity contribution is 0.628. The molecule has 0 aliphatic carbocycles. The molecule has 0 bridgehead atoms. The second kappa shape index (κ2) is 6.51. The molecule has 4 nitrogen and oxygen atoms in total. The zero-order chi connectivity index (χ0) is 14.5. The van der Waals surface area contributed by atoms with Crippen molar-refractivity contribution in [2.45, 2.75) is 13.1 Å². The molecular weight excluding hydrogens is 287 g/mol. The predicted molar refractivity (Wildman–Crippen MR) is 80.1 cm³/mol. The minimum atomic E-state index is -0.234. The number of hydrogen-bond acceptors (Lipinski definition) is 5. The third-order valence-electron chi connectivity index (χ3n) is 2.90. The predicted octanol–water partition coefficient (Wildman–Crippen LogP) is 3.03. The van der Waals surface area contributed by atoms with Gasteiger partial charge in [0.15, 0.2) is 0 Å². The minimum Gasteiger partial charge on any atom is -0.305 e. The van der Waals surface area contributed by atoms with Crippen LogP contribution in [0.15, 0.2) is 48.2 Å². The Balaban J connectivity index is 1.59. The molecule has 0 spiro atoms. The van der Waals surface area contributed by atoms with E-state index in [1.807, 2.05) is 11.4 Å². The number of nitrogens with one attached hydrogen (secondary N) is 1. The molecule has 21 heavy (non-hydrogen) atoms. The van der Waals surface area contributed by atoms with Gasteiger partial charge in [-0.2, -0.15) is 0 Å². The summed E-state index contributed by atoms with van der Waals surface area (Å²) in [7, 11) is 0. The fourth-order valence-corrected chi connectivity index (χ4v) is 2.68. The van der Waals surface area contributed by atoms with E-state index in [-0.39, 0.29) is 5.82 Å². The van der Waals surface area contributed by atoms with Crippen LogP contribution in [0.25, 0.3) is 10.6 Å². The van der Waals surface area contributed by atoms with E-state index in [9.17, 15) is 4.39 Å². The molecule has 0 radical (unpaired) electrons. The first-order chi connectivity index (χ1) is 10.3. The first kappa shape index (κ1) is 13.8. The van der Waals surface area contributed by atoms with E-state index in [4.69, 9.17) is 0 Å². The van der Waals surface area contributed by atoms with Crippen molar-refractivity contribution in [1.82, 2.24) is 20.3 Å². The molecule has 2 heterocycles. The van der Waals surface area contributed by atoms with E-state index in [0.717, 1.165) is 22.0 Å². The second-order valence-electron chi connectivity index (χ2n) is 4.46. The van der Waals surface area contributed by atoms with Gasteiger partial charge in [-0.3, -0.25) is 0 Å². The molecular formula is C15H13FN4S. The monoisotopic (exact) mass is 300 g/mol. The highest BCUT2D eigenvalue weighted by atomic mass is 32.1. The Labute approximate surface area is 125 Å². The average molecular weight is 300 g/mol. The Morgan fingerprint density at radius 3 is 2.62 bits per heavy atom. The number of thiazole rings is 1. The molecule has 1 N–H and O–H groups in total. The van der Waals surface area contributed by atoms with Crippen LogP contribution >= 0.6 is 11.3 Å². The molecule has 0 aliphatic rings. The van der Waals surface area contributed by atoms with Gasteiger partial charge in [0.05, 0.1) is 11.4 Å². The van der Waals surface area contributed by atoms with Gasteiger partial charge in [-0.15, -0.1) is 11.3 Å². The lowest BCUT2D eigenvalue weighted by Crippen LogP contribution is -2.13. The largest absolute Gasteiger partial charge is 0.305 e. The van der Waals surface area contributed by atoms with Gasteiger partial charge in [-0.1, -0.05) is 0 Å². The van der Waals surface area contributed by atoms with Gasteiger partial charge in [0.25, 0.3) is 0 Å². The van der Waals surface area contributed by atoms with Crippen molar-refractivity contribution in [2.75, 3.05) is 0 Å². The van der Waals surface area contributed by atoms with Crippen molar-refractivity contribution < 1.29 is 4.39 Å². The van der Waals surface area contributed by atoms with Crippen molar-refractivity contribution in [3.05, 3.63) is 65.4 Å². The summed E-state index contributed by atoms with van der Waals surface area (Å²) in [5.74, 6) is -0.234. The maximum absolute atomic E-state index is 12.9. The normalized spacial score (nSPS) is 10.7. The van der Waals surface area contributed by atoms with Crippen LogP contribution in [-0.2, 0) is 13.1 Å². The molecule has 6 heteroatoms. The third-order valence-corrected chi connectivity index (χ3v) is 3.84. The summed E-state index contributed by atoms with van der Waals surface area (Å²) in [5, 5.41) is 6.19. The average Bonchev–Trinajstić information content (AvgIpc) is 2.98. The van der Waals surface area contributed by atoms with Gasteiger partial charge in [0, 0.05) is 30.2 Å². The van der Waals surface area contributed by atoms with E-state index < -0.39 is 0 Å². The summed E-state index contributed by atoms with van der Waals surface area (Å²) in [4.78, 5) is 12.6. The molecule has 0 fully saturated rings. The van der Waals surface area contributed by atoms with Gasteiger partial charge >= 0.3 is 0 Å². The summed E-state index contributed by atoms with van der Waals surface area (Å²) in [6.45, 7) is 1.34. The van der Waals surface area contributed by atoms with Gasteiger partial charge in [0.1, 0.15) is 17.2 Å². The minimum absolute atomic E-state index is 0.234. The van der Waals surface area contributed by atoms with Crippen LogP contribution in [0.1, 0.15) is 11.4 Å². The summed E-state index contributed by atoms with van der Waals surface area (Å²) < 4.78 is 12.9. The highest BCUT2D eigenvalue weighted by Gasteiger charge is 2.05. The quantitative estimate of drug-likeness (QED) is 0.787. The Hall–Kier alpha value is -2.18. The molecule has 3 aromatic rings. The van der Waals surface area contributed by atoms with E-state index in [0.29, 0.717) is 13.1 Å². The Kier molecular flexibility index (Phi) is 4.28. The summed E-state index contributed by atoms with van der Waals surface area (Å²) in [6, 6.07) is 8.25. The van der Waals surface area contributed by atoms with Crippen LogP contribution < -0.4 is 5.32 Å². The first-order valence-corrected chi connectivity index (χ1v) is 7.35. The SMILES string of the molecule is Fc1ccc(-c2nc(CNCc3ccncn3)cs2)cc1. The molecule has 106 valence electrons. The number of rotatable bonds is 5. The van der Waals surface area contributed by atoms with Gasteiger partial charge in [-0.05, 0) is 30.3 Å². The number of hydrogen-bond donors (Lipinski definition) is 1. The molecule has 0 amide bonds. The Morgan fingerprint density at radius 1 is 1.05 bits per heavy atom. The van der Waals surface area contributed by atoms with E-state index in [1.165, 1.54) is 18.5 Å². The maximum Gasteiger partial charge on any atom is 0.123 e. The molecule has 0 aliphatic heterocycles. The fraction of sp³-hybridized carbons (Fsp3) is 0.133. The molecule has 1 aromatic carbocycles. The summed E-state index contributed by atoms with van der Waals surface area (Å²) in [6.07, 6.45) is 3.26. The summed E-state index contributed by atoms with van der Waals surface area (Å²) >= 11 is 1.56. The van der Waals surface area contributed by atoms with Crippen LogP contribution in [0.2, 0.25) is 0 Å². The van der Waals surface area contributed by atoms with Crippen LogP contribution in [-0.4, -0.2) is 15.0 Å². The zero-order valence-electron chi connectivity index (χ0n) is 11.2. The van der Waals surface area contributed by atoms with Crippen LogP contribution in [0.3, 0.4) is 0 Å². The van der Waals surface area contributed by atoms with Crippen LogP contribution in [0.5, 0.6) is 0 Å². The molecule has 0 saturated carbocycles. The van der Waals surface area contributed by atoms with Crippen molar-refractivity contribution in [3.63, 3.8) is 0 Å². The Bertz CT molecular complexity index is 697. The third kappa shape index (κ3) is 3.68. The molecule has 2 aromatic heterocycles. The standard InChI is InChI=1S/C15H13FN4S/c16-12-3-1-11(2-4-12)15-20-14(9-21-15)8-18-7-13-5-6-17-10-19-13/h1-6,9-10,18H,7-8H2. The van der Waals surface area contributed by atoms with Crippen molar-refractivity contribution in [1.29, 1.82) is 0 Å². The molecule has 0 saturated heterocycles. The number of benzene rings is 1. The number of halogens is 1. The van der Waals surface area contributed by atoms with E-state index in [2.05, 4.69) is 20.3 Å². The zero-order valence-corrected chi connectivity index (χ0v) is 12.0. The molecule has 3 rings (SSSR count). The van der Waals surface area contributed by atoms with Crippen molar-refractivity contribution >= 4 is 11.3 Å². The highest BCUT2D eigenvalue weighted by Crippen LogP contribution is 2.23. The van der Waals surface area contributed by atoms with Gasteiger partial charge in [-0.25, -0.2) is 19.3 Å². The number of nitrogens with zero attached hydrogens (tertiary/aromatic N) is 3. The summed E-state index contributed by atoms with van der Waals surface area (Å²) in [5.41, 5.74) is 2.84. The van der Waals surface area contributed by atoms with Crippen LogP contribution in [0, 0.1) is 5.82 Å². The highest BCUT2D eigenvalue weighted by molar-refractivity contribution is 7.13.